The van der Waals surface area contributed by atoms with Crippen molar-refractivity contribution in [1.82, 2.24) is 0 Å². The van der Waals surface area contributed by atoms with Crippen LogP contribution in [0.2, 0.25) is 0 Å². The van der Waals surface area contributed by atoms with Gasteiger partial charge in [0, 0.05) is 16.9 Å². The molecule has 2 N–H and O–H groups in total. The second kappa shape index (κ2) is 8.09. The normalized spacial score (nSPS) is 43.8. The first-order valence-corrected chi connectivity index (χ1v) is 12.6. The first-order chi connectivity index (χ1) is 15.8. The van der Waals surface area contributed by atoms with Crippen LogP contribution in [0.4, 0.5) is 0 Å². The van der Waals surface area contributed by atoms with Gasteiger partial charge in [0.1, 0.15) is 6.61 Å². The van der Waals surface area contributed by atoms with Gasteiger partial charge < -0.3 is 14.9 Å². The second-order valence-electron chi connectivity index (χ2n) is 11.9. The zero-order valence-corrected chi connectivity index (χ0v) is 20.0. The van der Waals surface area contributed by atoms with Gasteiger partial charge in [0.2, 0.25) is 0 Å². The van der Waals surface area contributed by atoms with E-state index in [1.807, 2.05) is 30.3 Å². The van der Waals surface area contributed by atoms with E-state index in [2.05, 4.69) is 26.0 Å². The van der Waals surface area contributed by atoms with Crippen LogP contribution in [0.25, 0.3) is 6.08 Å². The summed E-state index contributed by atoms with van der Waals surface area (Å²) in [6, 6.07) is 9.81. The molecule has 2 bridgehead atoms. The van der Waals surface area contributed by atoms with Gasteiger partial charge in [0.15, 0.2) is 0 Å². The SMILES string of the molecule is C[C@@]1(CO)[C@H]2CC[C@]34C=C[C@](COC(=O)C=Cc5ccccc5)(CC[C@H]3[C@]2(C)CC[C@H]1O)C4. The number of aliphatic hydroxyl groups excluding tert-OH is 2. The monoisotopic (exact) mass is 450 g/mol. The molecule has 3 saturated carbocycles. The number of hydrogen-bond donors (Lipinski definition) is 2. The van der Waals surface area contributed by atoms with Gasteiger partial charge in [0.05, 0.1) is 12.7 Å². The summed E-state index contributed by atoms with van der Waals surface area (Å²) in [5, 5.41) is 21.0. The molecular weight excluding hydrogens is 412 g/mol. The third kappa shape index (κ3) is 3.61. The molecule has 0 amide bonds. The Bertz CT molecular complexity index is 954. The third-order valence-electron chi connectivity index (χ3n) is 10.1. The number of benzene rings is 1. The minimum absolute atomic E-state index is 0.0512. The Hall–Kier alpha value is -1.91. The first kappa shape index (κ1) is 22.9. The molecule has 0 radical (unpaired) electrons. The maximum atomic E-state index is 12.4. The predicted molar refractivity (Wildman–Crippen MR) is 129 cm³/mol. The van der Waals surface area contributed by atoms with Gasteiger partial charge in [-0.05, 0) is 79.3 Å². The van der Waals surface area contributed by atoms with Crippen molar-refractivity contribution < 1.29 is 19.7 Å². The first-order valence-electron chi connectivity index (χ1n) is 12.6. The fourth-order valence-corrected chi connectivity index (χ4v) is 8.38. The molecule has 4 heteroatoms. The van der Waals surface area contributed by atoms with Gasteiger partial charge in [-0.1, -0.05) is 56.3 Å². The molecule has 0 aliphatic heterocycles. The molecule has 3 fully saturated rings. The standard InChI is InChI=1S/C29H38O4/c1-26-13-12-24(31)27(2,19-30)22(26)11-15-29-17-16-28(18-29,14-10-23(26)29)20-33-25(32)9-8-21-6-4-3-5-7-21/h3-9,16-17,22-24,30-31H,10-15,18-20H2,1-2H3/t22-,23-,24+,26+,27+,28+,29+/m0/s1. The smallest absolute Gasteiger partial charge is 0.330 e. The molecule has 5 rings (SSSR count). The quantitative estimate of drug-likeness (QED) is 0.370. The minimum Gasteiger partial charge on any atom is -0.462 e. The van der Waals surface area contributed by atoms with Crippen molar-refractivity contribution in [2.75, 3.05) is 13.2 Å². The molecule has 0 aromatic heterocycles. The molecule has 7 atom stereocenters. The Balaban J connectivity index is 1.28. The van der Waals surface area contributed by atoms with Crippen LogP contribution < -0.4 is 0 Å². The topological polar surface area (TPSA) is 66.8 Å². The van der Waals surface area contributed by atoms with Gasteiger partial charge in [-0.25, -0.2) is 4.79 Å². The number of carbonyl (C=O) groups is 1. The number of carbonyl (C=O) groups excluding carboxylic acids is 1. The Morgan fingerprint density at radius 2 is 1.82 bits per heavy atom. The van der Waals surface area contributed by atoms with Crippen LogP contribution in [0.15, 0.2) is 48.6 Å². The minimum atomic E-state index is -0.417. The summed E-state index contributed by atoms with van der Waals surface area (Å²) in [6.45, 7) is 5.03. The molecule has 4 nitrogen and oxygen atoms in total. The van der Waals surface area contributed by atoms with Gasteiger partial charge in [-0.15, -0.1) is 0 Å². The van der Waals surface area contributed by atoms with E-state index >= 15 is 0 Å². The van der Waals surface area contributed by atoms with Crippen LogP contribution >= 0.6 is 0 Å². The number of fused-ring (bicyclic) bond motifs is 3. The Morgan fingerprint density at radius 3 is 2.58 bits per heavy atom. The van der Waals surface area contributed by atoms with Crippen molar-refractivity contribution in [1.29, 1.82) is 0 Å². The maximum absolute atomic E-state index is 12.4. The number of ether oxygens (including phenoxy) is 1. The van der Waals surface area contributed by atoms with E-state index in [9.17, 15) is 15.0 Å². The summed E-state index contributed by atoms with van der Waals surface area (Å²) in [6.07, 6.45) is 14.9. The molecule has 0 unspecified atom stereocenters. The zero-order valence-electron chi connectivity index (χ0n) is 20.0. The van der Waals surface area contributed by atoms with Crippen molar-refractivity contribution >= 4 is 12.0 Å². The summed E-state index contributed by atoms with van der Waals surface area (Å²) >= 11 is 0. The van der Waals surface area contributed by atoms with Crippen LogP contribution in [0.5, 0.6) is 0 Å². The number of aliphatic hydroxyl groups is 2. The summed E-state index contributed by atoms with van der Waals surface area (Å²) in [5.41, 5.74) is 0.820. The lowest BCUT2D eigenvalue weighted by atomic mass is 9.40. The summed E-state index contributed by atoms with van der Waals surface area (Å²) in [4.78, 5) is 12.4. The van der Waals surface area contributed by atoms with E-state index in [4.69, 9.17) is 4.74 Å². The highest BCUT2D eigenvalue weighted by Gasteiger charge is 2.65. The average molecular weight is 451 g/mol. The lowest BCUT2D eigenvalue weighted by Gasteiger charge is -2.65. The molecule has 1 spiro atoms. The van der Waals surface area contributed by atoms with Crippen LogP contribution in [0.1, 0.15) is 64.4 Å². The predicted octanol–water partition coefficient (Wildman–Crippen LogP) is 5.16. The summed E-state index contributed by atoms with van der Waals surface area (Å²) < 4.78 is 5.75. The van der Waals surface area contributed by atoms with E-state index in [-0.39, 0.29) is 28.8 Å². The summed E-state index contributed by atoms with van der Waals surface area (Å²) in [5.74, 6) is 0.625. The number of allylic oxidation sites excluding steroid dienone is 1. The van der Waals surface area contributed by atoms with Crippen LogP contribution in [0, 0.1) is 33.5 Å². The Morgan fingerprint density at radius 1 is 1.06 bits per heavy atom. The van der Waals surface area contributed by atoms with Crippen molar-refractivity contribution in [3.05, 3.63) is 54.1 Å². The largest absolute Gasteiger partial charge is 0.462 e. The number of rotatable bonds is 5. The molecule has 4 aliphatic rings. The molecule has 1 aromatic rings. The van der Waals surface area contributed by atoms with Gasteiger partial charge in [0.25, 0.3) is 0 Å². The van der Waals surface area contributed by atoms with E-state index < -0.39 is 11.5 Å². The zero-order chi connectivity index (χ0) is 23.3. The van der Waals surface area contributed by atoms with Crippen molar-refractivity contribution in [2.24, 2.45) is 33.5 Å². The Kier molecular flexibility index (Phi) is 5.61. The molecule has 33 heavy (non-hydrogen) atoms. The average Bonchev–Trinajstić information content (AvgIpc) is 3.10. The van der Waals surface area contributed by atoms with Gasteiger partial charge in [-0.2, -0.15) is 0 Å². The third-order valence-corrected chi connectivity index (χ3v) is 10.1. The van der Waals surface area contributed by atoms with E-state index in [1.54, 1.807) is 6.08 Å². The number of esters is 1. The lowest BCUT2D eigenvalue weighted by Crippen LogP contribution is -2.61. The van der Waals surface area contributed by atoms with E-state index in [0.29, 0.717) is 18.4 Å². The fourth-order valence-electron chi connectivity index (χ4n) is 8.38. The second-order valence-corrected chi connectivity index (χ2v) is 11.9. The maximum Gasteiger partial charge on any atom is 0.330 e. The van der Waals surface area contributed by atoms with Crippen LogP contribution in [-0.2, 0) is 9.53 Å². The molecule has 0 saturated heterocycles. The van der Waals surface area contributed by atoms with Crippen molar-refractivity contribution in [2.45, 2.75) is 64.9 Å². The van der Waals surface area contributed by atoms with Crippen molar-refractivity contribution in [3.63, 3.8) is 0 Å². The van der Waals surface area contributed by atoms with E-state index in [0.717, 1.165) is 50.5 Å². The fraction of sp³-hybridized carbons (Fsp3) is 0.621. The Labute approximate surface area is 197 Å². The molecule has 1 aromatic carbocycles. The molecular formula is C29H38O4. The highest BCUT2D eigenvalue weighted by molar-refractivity contribution is 5.87. The van der Waals surface area contributed by atoms with Crippen LogP contribution in [0.3, 0.4) is 0 Å². The number of hydrogen-bond acceptors (Lipinski definition) is 4. The molecule has 0 heterocycles. The van der Waals surface area contributed by atoms with Crippen LogP contribution in [-0.4, -0.2) is 35.5 Å². The molecule has 4 aliphatic carbocycles. The van der Waals surface area contributed by atoms with Crippen molar-refractivity contribution in [3.8, 4) is 0 Å². The highest BCUT2D eigenvalue weighted by atomic mass is 16.5. The summed E-state index contributed by atoms with van der Waals surface area (Å²) in [7, 11) is 0. The van der Waals surface area contributed by atoms with E-state index in [1.165, 1.54) is 6.08 Å². The lowest BCUT2D eigenvalue weighted by molar-refractivity contribution is -0.196. The van der Waals surface area contributed by atoms with Gasteiger partial charge in [-0.3, -0.25) is 0 Å². The molecule has 178 valence electrons. The highest BCUT2D eigenvalue weighted by Crippen LogP contribution is 2.71. The van der Waals surface area contributed by atoms with Gasteiger partial charge >= 0.3 is 5.97 Å².